The second-order valence-electron chi connectivity index (χ2n) is 5.56. The largest absolute Gasteiger partial charge is 0.489 e. The van der Waals surface area contributed by atoms with Crippen LogP contribution in [-0.4, -0.2) is 46.0 Å². The third-order valence-corrected chi connectivity index (χ3v) is 5.11. The van der Waals surface area contributed by atoms with Gasteiger partial charge in [0.1, 0.15) is 6.61 Å². The number of benzene rings is 2. The molecule has 0 aliphatic heterocycles. The van der Waals surface area contributed by atoms with Gasteiger partial charge in [0.05, 0.1) is 11.4 Å². The molecule has 0 bridgehead atoms. The van der Waals surface area contributed by atoms with Crippen molar-refractivity contribution in [1.82, 2.24) is 9.62 Å². The van der Waals surface area contributed by atoms with E-state index in [9.17, 15) is 17.6 Å². The molecule has 1 amide bonds. The molecule has 2 aromatic rings. The van der Waals surface area contributed by atoms with Crippen LogP contribution in [0.2, 0.25) is 0 Å². The SMILES string of the molecule is CN(CCOc1ccccc1F)C(=O)CCNS(=O)(=O)c1ccccc1. The van der Waals surface area contributed by atoms with Crippen LogP contribution in [0.15, 0.2) is 59.5 Å². The van der Waals surface area contributed by atoms with Crippen LogP contribution in [0.3, 0.4) is 0 Å². The topological polar surface area (TPSA) is 75.7 Å². The summed E-state index contributed by atoms with van der Waals surface area (Å²) in [5, 5.41) is 0. The molecule has 0 atom stereocenters. The molecule has 1 N–H and O–H groups in total. The number of para-hydroxylation sites is 1. The van der Waals surface area contributed by atoms with E-state index in [0.29, 0.717) is 0 Å². The van der Waals surface area contributed by atoms with E-state index in [1.807, 2.05) is 0 Å². The molecular formula is C18H21FN2O4S. The third-order valence-electron chi connectivity index (χ3n) is 3.63. The molecule has 0 aliphatic rings. The quantitative estimate of drug-likeness (QED) is 0.722. The molecule has 8 heteroatoms. The van der Waals surface area contributed by atoms with Crippen molar-refractivity contribution in [2.24, 2.45) is 0 Å². The average Bonchev–Trinajstić information content (AvgIpc) is 2.63. The Morgan fingerprint density at radius 3 is 2.46 bits per heavy atom. The van der Waals surface area contributed by atoms with Crippen molar-refractivity contribution in [2.45, 2.75) is 11.3 Å². The number of carbonyl (C=O) groups is 1. The summed E-state index contributed by atoms with van der Waals surface area (Å²) in [4.78, 5) is 13.6. The summed E-state index contributed by atoms with van der Waals surface area (Å²) < 4.78 is 45.2. The van der Waals surface area contributed by atoms with E-state index < -0.39 is 15.8 Å². The molecule has 26 heavy (non-hydrogen) atoms. The van der Waals surface area contributed by atoms with Gasteiger partial charge in [-0.25, -0.2) is 17.5 Å². The Morgan fingerprint density at radius 1 is 1.12 bits per heavy atom. The molecule has 0 heterocycles. The van der Waals surface area contributed by atoms with Gasteiger partial charge in [0.2, 0.25) is 15.9 Å². The van der Waals surface area contributed by atoms with Crippen molar-refractivity contribution in [2.75, 3.05) is 26.7 Å². The van der Waals surface area contributed by atoms with Crippen LogP contribution < -0.4 is 9.46 Å². The van der Waals surface area contributed by atoms with Gasteiger partial charge in [0.25, 0.3) is 0 Å². The van der Waals surface area contributed by atoms with Gasteiger partial charge in [-0.15, -0.1) is 0 Å². The summed E-state index contributed by atoms with van der Waals surface area (Å²) >= 11 is 0. The van der Waals surface area contributed by atoms with Crippen molar-refractivity contribution in [3.05, 3.63) is 60.4 Å². The van der Waals surface area contributed by atoms with E-state index in [1.54, 1.807) is 37.4 Å². The van der Waals surface area contributed by atoms with Crippen molar-refractivity contribution in [3.8, 4) is 5.75 Å². The fraction of sp³-hybridized carbons (Fsp3) is 0.278. The number of hydrogen-bond acceptors (Lipinski definition) is 4. The maximum Gasteiger partial charge on any atom is 0.240 e. The Bertz CT molecular complexity index is 828. The van der Waals surface area contributed by atoms with Gasteiger partial charge in [0, 0.05) is 20.0 Å². The molecule has 0 aliphatic carbocycles. The second kappa shape index (κ2) is 9.30. The van der Waals surface area contributed by atoms with Crippen LogP contribution >= 0.6 is 0 Å². The van der Waals surface area contributed by atoms with Gasteiger partial charge >= 0.3 is 0 Å². The van der Waals surface area contributed by atoms with Gasteiger partial charge in [-0.1, -0.05) is 30.3 Å². The van der Waals surface area contributed by atoms with Crippen LogP contribution in [0.4, 0.5) is 4.39 Å². The van der Waals surface area contributed by atoms with Crippen molar-refractivity contribution >= 4 is 15.9 Å². The molecule has 0 unspecified atom stereocenters. The predicted octanol–water partition coefficient (Wildman–Crippen LogP) is 2.03. The normalized spacial score (nSPS) is 11.2. The molecular weight excluding hydrogens is 359 g/mol. The zero-order valence-corrected chi connectivity index (χ0v) is 15.2. The number of sulfonamides is 1. The summed E-state index contributed by atoms with van der Waals surface area (Å²) in [6.45, 7) is 0.395. The Kier molecular flexibility index (Phi) is 7.11. The number of amides is 1. The highest BCUT2D eigenvalue weighted by Gasteiger charge is 2.15. The van der Waals surface area contributed by atoms with Crippen molar-refractivity contribution in [1.29, 1.82) is 0 Å². The van der Waals surface area contributed by atoms with Crippen LogP contribution in [-0.2, 0) is 14.8 Å². The highest BCUT2D eigenvalue weighted by atomic mass is 32.2. The predicted molar refractivity (Wildman–Crippen MR) is 95.8 cm³/mol. The monoisotopic (exact) mass is 380 g/mol. The van der Waals surface area contributed by atoms with Crippen LogP contribution in [0.25, 0.3) is 0 Å². The fourth-order valence-electron chi connectivity index (χ4n) is 2.15. The lowest BCUT2D eigenvalue weighted by Gasteiger charge is -2.18. The molecule has 0 radical (unpaired) electrons. The van der Waals surface area contributed by atoms with E-state index in [0.717, 1.165) is 0 Å². The molecule has 6 nitrogen and oxygen atoms in total. The van der Waals surface area contributed by atoms with Gasteiger partial charge in [-0.05, 0) is 24.3 Å². The average molecular weight is 380 g/mol. The van der Waals surface area contributed by atoms with Crippen LogP contribution in [0, 0.1) is 5.82 Å². The highest BCUT2D eigenvalue weighted by molar-refractivity contribution is 7.89. The molecule has 0 saturated heterocycles. The van der Waals surface area contributed by atoms with E-state index >= 15 is 0 Å². The summed E-state index contributed by atoms with van der Waals surface area (Å²) in [6, 6.07) is 14.0. The molecule has 2 aromatic carbocycles. The first-order valence-electron chi connectivity index (χ1n) is 8.06. The van der Waals surface area contributed by atoms with E-state index in [4.69, 9.17) is 4.74 Å². The summed E-state index contributed by atoms with van der Waals surface area (Å²) in [5.74, 6) is -0.571. The molecule has 0 spiro atoms. The number of halogens is 1. The highest BCUT2D eigenvalue weighted by Crippen LogP contribution is 2.15. The minimum absolute atomic E-state index is 0.00539. The first kappa shape index (κ1) is 19.9. The van der Waals surface area contributed by atoms with Crippen LogP contribution in [0.5, 0.6) is 5.75 Å². The third kappa shape index (κ3) is 5.82. The first-order valence-corrected chi connectivity index (χ1v) is 9.54. The standard InChI is InChI=1S/C18H21FN2O4S/c1-21(13-14-25-17-10-6-5-9-16(17)19)18(22)11-12-20-26(23,24)15-7-3-2-4-8-15/h2-10,20H,11-14H2,1H3. The minimum atomic E-state index is -3.63. The molecule has 0 aromatic heterocycles. The smallest absolute Gasteiger partial charge is 0.240 e. The lowest BCUT2D eigenvalue weighted by molar-refractivity contribution is -0.130. The maximum atomic E-state index is 13.4. The maximum absolute atomic E-state index is 13.4. The lowest BCUT2D eigenvalue weighted by Crippen LogP contribution is -2.34. The number of nitrogens with one attached hydrogen (secondary N) is 1. The number of carbonyl (C=O) groups excluding carboxylic acids is 1. The Hall–Kier alpha value is -2.45. The molecule has 140 valence electrons. The van der Waals surface area contributed by atoms with E-state index in [-0.39, 0.29) is 42.7 Å². The number of hydrogen-bond donors (Lipinski definition) is 1. The zero-order valence-electron chi connectivity index (χ0n) is 14.4. The molecule has 0 fully saturated rings. The van der Waals surface area contributed by atoms with Gasteiger partial charge in [-0.3, -0.25) is 4.79 Å². The molecule has 2 rings (SSSR count). The van der Waals surface area contributed by atoms with Gasteiger partial charge in [-0.2, -0.15) is 0 Å². The summed E-state index contributed by atoms with van der Waals surface area (Å²) in [6.07, 6.45) is 0.0161. The van der Waals surface area contributed by atoms with Crippen LogP contribution in [0.1, 0.15) is 6.42 Å². The van der Waals surface area contributed by atoms with Gasteiger partial charge in [0.15, 0.2) is 11.6 Å². The molecule has 0 saturated carbocycles. The van der Waals surface area contributed by atoms with E-state index in [1.165, 1.54) is 29.2 Å². The Balaban J connectivity index is 1.73. The van der Waals surface area contributed by atoms with Gasteiger partial charge < -0.3 is 9.64 Å². The Labute approximate surface area is 152 Å². The van der Waals surface area contributed by atoms with E-state index in [2.05, 4.69) is 4.72 Å². The Morgan fingerprint density at radius 2 is 1.77 bits per heavy atom. The number of ether oxygens (including phenoxy) is 1. The minimum Gasteiger partial charge on any atom is -0.489 e. The number of likely N-dealkylation sites (N-methyl/N-ethyl adjacent to an activating group) is 1. The fourth-order valence-corrected chi connectivity index (χ4v) is 3.20. The zero-order chi connectivity index (χ0) is 19.0. The summed E-state index contributed by atoms with van der Waals surface area (Å²) in [5.41, 5.74) is 0. The second-order valence-corrected chi connectivity index (χ2v) is 7.32. The number of rotatable bonds is 9. The lowest BCUT2D eigenvalue weighted by atomic mass is 10.3. The van der Waals surface area contributed by atoms with Crippen molar-refractivity contribution in [3.63, 3.8) is 0 Å². The summed E-state index contributed by atoms with van der Waals surface area (Å²) in [7, 11) is -2.04. The number of nitrogens with zero attached hydrogens (tertiary/aromatic N) is 1. The van der Waals surface area contributed by atoms with Crippen molar-refractivity contribution < 1.29 is 22.3 Å². The first-order chi connectivity index (χ1) is 12.4.